The molecule has 11 nitrogen and oxygen atoms in total. The molecule has 1 fully saturated rings. The summed E-state index contributed by atoms with van der Waals surface area (Å²) in [5.74, 6) is 0.0309. The summed E-state index contributed by atoms with van der Waals surface area (Å²) in [5.41, 5.74) is 0.881. The van der Waals surface area contributed by atoms with Crippen LogP contribution >= 0.6 is 15.9 Å². The SMILES string of the molecule is COc1cc2c(Oc3ccc(NC(=O)c4nn(-c5ccc(Br)cc5)c(=O)c5ccccc45)cc3F)ccnc2cc1OCCCN1CCOCC1. The van der Waals surface area contributed by atoms with Crippen LogP contribution in [0, 0.1) is 5.82 Å². The molecule has 0 aliphatic carbocycles. The molecule has 6 aromatic rings. The van der Waals surface area contributed by atoms with Gasteiger partial charge in [-0.05, 0) is 61.0 Å². The zero-order valence-electron chi connectivity index (χ0n) is 27.6. The number of ether oxygens (including phenoxy) is 4. The molecule has 4 aromatic carbocycles. The number of hydrogen-bond acceptors (Lipinski definition) is 9. The molecule has 1 aliphatic heterocycles. The van der Waals surface area contributed by atoms with Crippen LogP contribution < -0.4 is 25.1 Å². The number of methoxy groups -OCH3 is 1. The van der Waals surface area contributed by atoms with Crippen LogP contribution in [0.25, 0.3) is 27.4 Å². The molecule has 1 N–H and O–H groups in total. The van der Waals surface area contributed by atoms with E-state index in [0.29, 0.717) is 51.2 Å². The normalized spacial score (nSPS) is 13.3. The molecule has 0 bridgehead atoms. The van der Waals surface area contributed by atoms with Gasteiger partial charge in [0.2, 0.25) is 0 Å². The second kappa shape index (κ2) is 15.3. The Labute approximate surface area is 300 Å². The predicted molar refractivity (Wildman–Crippen MR) is 195 cm³/mol. The molecule has 0 radical (unpaired) electrons. The van der Waals surface area contributed by atoms with E-state index in [1.165, 1.54) is 16.8 Å². The van der Waals surface area contributed by atoms with Crippen LogP contribution in [0.4, 0.5) is 10.1 Å². The summed E-state index contributed by atoms with van der Waals surface area (Å²) in [6, 6.07) is 23.0. The van der Waals surface area contributed by atoms with Gasteiger partial charge < -0.3 is 24.3 Å². The quantitative estimate of drug-likeness (QED) is 0.140. The summed E-state index contributed by atoms with van der Waals surface area (Å²) < 4.78 is 40.6. The lowest BCUT2D eigenvalue weighted by molar-refractivity contribution is 0.0357. The van der Waals surface area contributed by atoms with Crippen molar-refractivity contribution in [2.75, 3.05) is 51.9 Å². The summed E-state index contributed by atoms with van der Waals surface area (Å²) in [4.78, 5) is 33.7. The minimum absolute atomic E-state index is 0.00602. The van der Waals surface area contributed by atoms with Crippen LogP contribution in [0.5, 0.6) is 23.0 Å². The van der Waals surface area contributed by atoms with Crippen molar-refractivity contribution in [1.82, 2.24) is 19.7 Å². The summed E-state index contributed by atoms with van der Waals surface area (Å²) in [5, 5.41) is 8.41. The number of aromatic nitrogens is 3. The van der Waals surface area contributed by atoms with Gasteiger partial charge >= 0.3 is 0 Å². The van der Waals surface area contributed by atoms with E-state index in [1.54, 1.807) is 80.0 Å². The van der Waals surface area contributed by atoms with Crippen LogP contribution in [-0.4, -0.2) is 72.1 Å². The average Bonchev–Trinajstić information content (AvgIpc) is 3.15. The highest BCUT2D eigenvalue weighted by Crippen LogP contribution is 2.38. The van der Waals surface area contributed by atoms with E-state index in [9.17, 15) is 9.59 Å². The second-order valence-corrected chi connectivity index (χ2v) is 12.7. The molecule has 7 rings (SSSR count). The average molecular weight is 755 g/mol. The van der Waals surface area contributed by atoms with E-state index >= 15 is 4.39 Å². The number of carbonyl (C=O) groups is 1. The highest BCUT2D eigenvalue weighted by atomic mass is 79.9. The fraction of sp³-hybridized carbons (Fsp3) is 0.211. The number of halogens is 2. The molecule has 0 atom stereocenters. The first-order valence-electron chi connectivity index (χ1n) is 16.3. The third-order valence-corrected chi connectivity index (χ3v) is 9.00. The van der Waals surface area contributed by atoms with Crippen molar-refractivity contribution >= 4 is 49.2 Å². The van der Waals surface area contributed by atoms with E-state index in [-0.39, 0.29) is 22.7 Å². The number of anilines is 1. The molecule has 0 unspecified atom stereocenters. The van der Waals surface area contributed by atoms with Crippen molar-refractivity contribution in [3.63, 3.8) is 0 Å². The summed E-state index contributed by atoms with van der Waals surface area (Å²) >= 11 is 3.39. The number of rotatable bonds is 11. The smallest absolute Gasteiger partial charge is 0.279 e. The molecule has 0 saturated carbocycles. The lowest BCUT2D eigenvalue weighted by atomic mass is 10.1. The fourth-order valence-corrected chi connectivity index (χ4v) is 6.13. The third kappa shape index (κ3) is 7.55. The molecule has 1 saturated heterocycles. The van der Waals surface area contributed by atoms with E-state index in [1.807, 2.05) is 0 Å². The lowest BCUT2D eigenvalue weighted by Crippen LogP contribution is -2.37. The van der Waals surface area contributed by atoms with Crippen LogP contribution in [0.15, 0.2) is 100 Å². The van der Waals surface area contributed by atoms with Gasteiger partial charge in [0.15, 0.2) is 28.8 Å². The maximum Gasteiger partial charge on any atom is 0.279 e. The first-order valence-corrected chi connectivity index (χ1v) is 17.1. The molecule has 0 spiro atoms. The number of pyridine rings is 1. The van der Waals surface area contributed by atoms with Gasteiger partial charge in [0.1, 0.15) is 5.75 Å². The van der Waals surface area contributed by atoms with Gasteiger partial charge in [-0.2, -0.15) is 9.78 Å². The van der Waals surface area contributed by atoms with Gasteiger partial charge in [0.25, 0.3) is 11.5 Å². The number of benzene rings is 4. The Morgan fingerprint density at radius 2 is 1.71 bits per heavy atom. The highest BCUT2D eigenvalue weighted by Gasteiger charge is 2.19. The maximum absolute atomic E-state index is 15.5. The van der Waals surface area contributed by atoms with Gasteiger partial charge in [-0.15, -0.1) is 0 Å². The Kier molecular flexibility index (Phi) is 10.2. The molecule has 2 aromatic heterocycles. The van der Waals surface area contributed by atoms with Crippen LogP contribution in [0.3, 0.4) is 0 Å². The Hall–Kier alpha value is -5.37. The van der Waals surface area contributed by atoms with Crippen molar-refractivity contribution in [1.29, 1.82) is 0 Å². The summed E-state index contributed by atoms with van der Waals surface area (Å²) in [7, 11) is 1.55. The van der Waals surface area contributed by atoms with E-state index in [2.05, 4.69) is 36.2 Å². The molecule has 1 aliphatic rings. The monoisotopic (exact) mass is 753 g/mol. The Morgan fingerprint density at radius 3 is 2.47 bits per heavy atom. The zero-order valence-corrected chi connectivity index (χ0v) is 29.2. The maximum atomic E-state index is 15.5. The van der Waals surface area contributed by atoms with Crippen LogP contribution in [0.2, 0.25) is 0 Å². The third-order valence-electron chi connectivity index (χ3n) is 8.47. The van der Waals surface area contributed by atoms with Crippen molar-refractivity contribution in [2.24, 2.45) is 0 Å². The first-order chi connectivity index (χ1) is 24.9. The number of amides is 1. The highest BCUT2D eigenvalue weighted by molar-refractivity contribution is 9.10. The minimum atomic E-state index is -0.706. The molecule has 51 heavy (non-hydrogen) atoms. The van der Waals surface area contributed by atoms with Crippen molar-refractivity contribution < 1.29 is 28.1 Å². The second-order valence-electron chi connectivity index (χ2n) is 11.8. The predicted octanol–water partition coefficient (Wildman–Crippen LogP) is 6.99. The number of nitrogens with zero attached hydrogens (tertiary/aromatic N) is 4. The van der Waals surface area contributed by atoms with Crippen molar-refractivity contribution in [3.8, 4) is 28.7 Å². The van der Waals surface area contributed by atoms with Crippen molar-refractivity contribution in [2.45, 2.75) is 6.42 Å². The molecular formula is C38H33BrFN5O6. The first kappa shape index (κ1) is 34.1. The van der Waals surface area contributed by atoms with Gasteiger partial charge in [0.05, 0.1) is 43.5 Å². The van der Waals surface area contributed by atoms with E-state index in [4.69, 9.17) is 18.9 Å². The lowest BCUT2D eigenvalue weighted by Gasteiger charge is -2.26. The van der Waals surface area contributed by atoms with Gasteiger partial charge in [-0.3, -0.25) is 19.5 Å². The molecule has 13 heteroatoms. The summed E-state index contributed by atoms with van der Waals surface area (Å²) in [6.07, 6.45) is 2.42. The summed E-state index contributed by atoms with van der Waals surface area (Å²) in [6.45, 7) is 4.77. The molecule has 260 valence electrons. The van der Waals surface area contributed by atoms with Crippen molar-refractivity contribution in [3.05, 3.63) is 117 Å². The van der Waals surface area contributed by atoms with E-state index in [0.717, 1.165) is 49.8 Å². The van der Waals surface area contributed by atoms with Gasteiger partial charge in [-0.25, -0.2) is 4.39 Å². The number of carbonyl (C=O) groups excluding carboxylic acids is 1. The topological polar surface area (TPSA) is 117 Å². The Bertz CT molecular complexity index is 2280. The standard InChI is InChI=1S/C38H33BrFN5O6/c1-48-34-22-29-31(23-35(34)50-18-4-15-44-16-19-49-20-17-44)41-14-13-32(29)51-33-12-9-25(21-30(33)40)42-37(46)36-27-5-2-3-6-28(27)38(47)45(43-36)26-10-7-24(39)8-11-26/h2-3,5-14,21-23H,4,15-20H2,1H3,(H,42,46). The molecule has 1 amide bonds. The van der Waals surface area contributed by atoms with Crippen LogP contribution in [0.1, 0.15) is 16.9 Å². The zero-order chi connectivity index (χ0) is 35.3. The molecule has 3 heterocycles. The number of morpholine rings is 1. The largest absolute Gasteiger partial charge is 0.493 e. The van der Waals surface area contributed by atoms with Crippen LogP contribution in [-0.2, 0) is 4.74 Å². The van der Waals surface area contributed by atoms with Gasteiger partial charge in [-0.1, -0.05) is 34.1 Å². The Morgan fingerprint density at radius 1 is 0.922 bits per heavy atom. The fourth-order valence-electron chi connectivity index (χ4n) is 5.87. The Balaban J connectivity index is 1.08. The number of hydrogen-bond donors (Lipinski definition) is 1. The van der Waals surface area contributed by atoms with E-state index < -0.39 is 11.7 Å². The number of fused-ring (bicyclic) bond motifs is 2. The molecular weight excluding hydrogens is 721 g/mol. The number of nitrogens with one attached hydrogen (secondary N) is 1. The minimum Gasteiger partial charge on any atom is -0.493 e. The van der Waals surface area contributed by atoms with Gasteiger partial charge in [0, 0.05) is 58.9 Å².